The van der Waals surface area contributed by atoms with Crippen molar-refractivity contribution in [1.82, 2.24) is 19.9 Å². The van der Waals surface area contributed by atoms with Gasteiger partial charge in [-0.2, -0.15) is 0 Å². The fourth-order valence-corrected chi connectivity index (χ4v) is 18.4. The number of ether oxygens (including phenoxy) is 1. The number of thioether (sulfide) groups is 1. The SMILES string of the molecule is CO[C@@H]1[C@H](O)[C@@H](CO[Si](O[SiH](C(C)C)C(C)C)(C(C)C)C(C)C)C[C@H]1Nc1nc(SC)nc(C)c1-c1nc2cnccc2s1. The Kier molecular flexibility index (Phi) is 12.0. The third-order valence-electron chi connectivity index (χ3n) is 8.79. The van der Waals surface area contributed by atoms with E-state index >= 15 is 0 Å². The lowest BCUT2D eigenvalue weighted by atomic mass is 10.1. The minimum absolute atomic E-state index is 0.108. The summed E-state index contributed by atoms with van der Waals surface area (Å²) in [7, 11) is -2.46. The Labute approximate surface area is 274 Å². The molecule has 0 unspecified atom stereocenters. The highest BCUT2D eigenvalue weighted by Gasteiger charge is 2.50. The van der Waals surface area contributed by atoms with E-state index < -0.39 is 29.8 Å². The third-order valence-corrected chi connectivity index (χ3v) is 19.4. The van der Waals surface area contributed by atoms with Gasteiger partial charge < -0.3 is 23.7 Å². The summed E-state index contributed by atoms with van der Waals surface area (Å²) in [5.74, 6) is 0.595. The van der Waals surface area contributed by atoms with Crippen LogP contribution in [0.4, 0.5) is 5.82 Å². The molecule has 0 spiro atoms. The van der Waals surface area contributed by atoms with Gasteiger partial charge in [0.2, 0.25) is 0 Å². The monoisotopic (exact) mass is 677 g/mol. The number of nitrogens with one attached hydrogen (secondary N) is 1. The van der Waals surface area contributed by atoms with E-state index in [1.807, 2.05) is 19.2 Å². The molecule has 0 amide bonds. The first-order valence-electron chi connectivity index (χ1n) is 15.8. The molecule has 0 aromatic carbocycles. The average molecular weight is 678 g/mol. The van der Waals surface area contributed by atoms with Crippen LogP contribution in [0, 0.1) is 12.8 Å². The molecule has 1 aliphatic rings. The number of aliphatic hydroxyl groups is 1. The molecule has 1 saturated carbocycles. The Bertz CT molecular complexity index is 1340. The Morgan fingerprint density at radius 2 is 1.77 bits per heavy atom. The second kappa shape index (κ2) is 15.0. The van der Waals surface area contributed by atoms with Gasteiger partial charge in [-0.3, -0.25) is 4.98 Å². The van der Waals surface area contributed by atoms with E-state index in [4.69, 9.17) is 28.2 Å². The van der Waals surface area contributed by atoms with E-state index in [2.05, 4.69) is 65.7 Å². The average Bonchev–Trinajstić information content (AvgIpc) is 3.51. The maximum atomic E-state index is 11.6. The van der Waals surface area contributed by atoms with Gasteiger partial charge in [0, 0.05) is 25.8 Å². The largest absolute Gasteiger partial charge is 0.437 e. The van der Waals surface area contributed by atoms with Gasteiger partial charge in [-0.05, 0) is 47.8 Å². The fourth-order valence-electron chi connectivity index (χ4n) is 6.58. The van der Waals surface area contributed by atoms with Crippen molar-refractivity contribution >= 4 is 56.7 Å². The van der Waals surface area contributed by atoms with Crippen molar-refractivity contribution in [2.45, 2.75) is 114 Å². The molecule has 0 saturated heterocycles. The maximum absolute atomic E-state index is 11.6. The topological polar surface area (TPSA) is 112 Å². The fraction of sp³-hybridized carbons (Fsp3) is 0.677. The van der Waals surface area contributed by atoms with Crippen LogP contribution in [0.25, 0.3) is 20.8 Å². The zero-order valence-corrected chi connectivity index (χ0v) is 31.9. The lowest BCUT2D eigenvalue weighted by Gasteiger charge is -2.43. The van der Waals surface area contributed by atoms with Gasteiger partial charge >= 0.3 is 8.56 Å². The number of hydrogen-bond acceptors (Lipinski definition) is 11. The van der Waals surface area contributed by atoms with Crippen LogP contribution in [-0.4, -0.2) is 80.9 Å². The zero-order valence-electron chi connectivity index (χ0n) is 28.1. The molecule has 2 N–H and O–H groups in total. The van der Waals surface area contributed by atoms with Crippen molar-refractivity contribution in [3.8, 4) is 10.6 Å². The van der Waals surface area contributed by atoms with Crippen molar-refractivity contribution in [1.29, 1.82) is 0 Å². The molecule has 1 aliphatic carbocycles. The van der Waals surface area contributed by atoms with Gasteiger partial charge in [-0.25, -0.2) is 15.0 Å². The molecule has 44 heavy (non-hydrogen) atoms. The molecule has 1 fully saturated rings. The second-order valence-corrected chi connectivity index (χ2v) is 23.6. The number of aromatic nitrogens is 4. The van der Waals surface area contributed by atoms with Gasteiger partial charge in [-0.1, -0.05) is 67.2 Å². The summed E-state index contributed by atoms with van der Waals surface area (Å²) in [5, 5.41) is 16.7. The quantitative estimate of drug-likeness (QED) is 0.103. The summed E-state index contributed by atoms with van der Waals surface area (Å²) >= 11 is 3.10. The lowest BCUT2D eigenvalue weighted by molar-refractivity contribution is -0.0205. The predicted octanol–water partition coefficient (Wildman–Crippen LogP) is 7.19. The van der Waals surface area contributed by atoms with Crippen LogP contribution in [0.2, 0.25) is 22.2 Å². The standard InChI is InChI=1S/C31H51N5O4S2Si2/c1-17(2)43(18(3)4)40-44(19(5)6,20(7)8)39-16-22-14-23(28(38-10)27(22)37)34-29-26(21(9)33-31(36-29)41-11)30-35-24-15-32-13-12-25(24)42-30/h12-13,15,17-20,22-23,27-28,37,43H,14,16H2,1-11H3,(H,33,34,36)/t22-,23-,27-,28+/m1/s1. The number of aliphatic hydroxyl groups excluding tert-OH is 1. The molecule has 3 aromatic heterocycles. The molecule has 0 aliphatic heterocycles. The lowest BCUT2D eigenvalue weighted by Crippen LogP contribution is -2.54. The van der Waals surface area contributed by atoms with Gasteiger partial charge in [0.1, 0.15) is 22.4 Å². The number of aryl methyl sites for hydroxylation is 1. The molecule has 244 valence electrons. The van der Waals surface area contributed by atoms with Crippen LogP contribution in [-0.2, 0) is 13.3 Å². The third kappa shape index (κ3) is 7.40. The summed E-state index contributed by atoms with van der Waals surface area (Å²) in [6, 6.07) is 1.80. The van der Waals surface area contributed by atoms with Crippen molar-refractivity contribution < 1.29 is 18.4 Å². The van der Waals surface area contributed by atoms with Crippen LogP contribution in [0.5, 0.6) is 0 Å². The van der Waals surface area contributed by atoms with Crippen LogP contribution in [0.3, 0.4) is 0 Å². The minimum Gasteiger partial charge on any atom is -0.437 e. The Morgan fingerprint density at radius 3 is 2.34 bits per heavy atom. The van der Waals surface area contributed by atoms with Crippen LogP contribution in [0.1, 0.15) is 67.5 Å². The van der Waals surface area contributed by atoms with Crippen molar-refractivity contribution in [2.75, 3.05) is 25.3 Å². The molecule has 13 heteroatoms. The summed E-state index contributed by atoms with van der Waals surface area (Å²) in [4.78, 5) is 18.7. The van der Waals surface area contributed by atoms with E-state index in [1.165, 1.54) is 11.8 Å². The predicted molar refractivity (Wildman–Crippen MR) is 188 cm³/mol. The molecule has 9 nitrogen and oxygen atoms in total. The number of nitrogens with zero attached hydrogens (tertiary/aromatic N) is 4. The summed E-state index contributed by atoms with van der Waals surface area (Å²) in [6.45, 7) is 20.5. The molecule has 4 atom stereocenters. The Balaban J connectivity index is 1.61. The first-order chi connectivity index (χ1) is 20.8. The summed E-state index contributed by atoms with van der Waals surface area (Å²) in [6.07, 6.45) is 5.10. The zero-order chi connectivity index (χ0) is 32.3. The highest BCUT2D eigenvalue weighted by Crippen LogP contribution is 2.42. The van der Waals surface area contributed by atoms with Gasteiger partial charge in [0.15, 0.2) is 14.2 Å². The maximum Gasteiger partial charge on any atom is 0.333 e. The highest BCUT2D eigenvalue weighted by molar-refractivity contribution is 7.98. The van der Waals surface area contributed by atoms with Gasteiger partial charge in [0.05, 0.1) is 34.3 Å². The van der Waals surface area contributed by atoms with Gasteiger partial charge in [0.25, 0.3) is 0 Å². The van der Waals surface area contributed by atoms with Crippen LogP contribution in [0.15, 0.2) is 23.6 Å². The Morgan fingerprint density at radius 1 is 1.09 bits per heavy atom. The first kappa shape index (κ1) is 35.4. The number of thiazole rings is 1. The first-order valence-corrected chi connectivity index (χ1v) is 21.6. The van der Waals surface area contributed by atoms with E-state index in [0.717, 1.165) is 26.5 Å². The Hall–Kier alpha value is -1.46. The van der Waals surface area contributed by atoms with Crippen molar-refractivity contribution in [3.63, 3.8) is 0 Å². The van der Waals surface area contributed by atoms with Crippen LogP contribution < -0.4 is 5.32 Å². The van der Waals surface area contributed by atoms with E-state index in [-0.39, 0.29) is 12.0 Å². The smallest absolute Gasteiger partial charge is 0.333 e. The summed E-state index contributed by atoms with van der Waals surface area (Å²) in [5.41, 5.74) is 4.19. The van der Waals surface area contributed by atoms with E-state index in [0.29, 0.717) is 46.2 Å². The molecule has 4 rings (SSSR count). The molecule has 3 aromatic rings. The number of pyridine rings is 1. The number of anilines is 1. The van der Waals surface area contributed by atoms with Crippen molar-refractivity contribution in [2.24, 2.45) is 5.92 Å². The number of methoxy groups -OCH3 is 1. The van der Waals surface area contributed by atoms with E-state index in [1.54, 1.807) is 30.8 Å². The molecule has 0 bridgehead atoms. The molecular formula is C31H51N5O4S2Si2. The molecular weight excluding hydrogens is 627 g/mol. The highest BCUT2D eigenvalue weighted by atomic mass is 32.2. The van der Waals surface area contributed by atoms with Crippen molar-refractivity contribution in [3.05, 3.63) is 24.2 Å². The normalized spacial score (nSPS) is 21.2. The van der Waals surface area contributed by atoms with Crippen LogP contribution >= 0.6 is 23.1 Å². The van der Waals surface area contributed by atoms with E-state index in [9.17, 15) is 5.11 Å². The molecule has 0 radical (unpaired) electrons. The second-order valence-electron chi connectivity index (χ2n) is 13.2. The van der Waals surface area contributed by atoms with Gasteiger partial charge in [-0.15, -0.1) is 11.3 Å². The number of fused-ring (bicyclic) bond motifs is 1. The molecule has 3 heterocycles. The minimum atomic E-state index is -2.60. The number of hydrogen-bond donors (Lipinski definition) is 2. The summed E-state index contributed by atoms with van der Waals surface area (Å²) < 4.78 is 21.1. The number of rotatable bonds is 14.